The highest BCUT2D eigenvalue weighted by Gasteiger charge is 2.48. The summed E-state index contributed by atoms with van der Waals surface area (Å²) < 4.78 is 64.8. The van der Waals surface area contributed by atoms with Crippen molar-refractivity contribution in [1.29, 1.82) is 0 Å². The van der Waals surface area contributed by atoms with Gasteiger partial charge in [0.2, 0.25) is 5.88 Å². The van der Waals surface area contributed by atoms with E-state index in [-0.39, 0.29) is 42.0 Å². The molecule has 0 spiro atoms. The fourth-order valence-corrected chi connectivity index (χ4v) is 7.71. The minimum absolute atomic E-state index is 0.0474. The Bertz CT molecular complexity index is 1520. The lowest BCUT2D eigenvalue weighted by molar-refractivity contribution is -0.891. The van der Waals surface area contributed by atoms with E-state index in [1.54, 1.807) is 30.0 Å². The topological polar surface area (TPSA) is 112 Å². The predicted molar refractivity (Wildman–Crippen MR) is 168 cm³/mol. The van der Waals surface area contributed by atoms with Crippen LogP contribution in [0.25, 0.3) is 10.8 Å². The Morgan fingerprint density at radius 3 is 2.65 bits per heavy atom. The Balaban J connectivity index is 1.57. The van der Waals surface area contributed by atoms with Gasteiger partial charge < -0.3 is 20.7 Å². The third kappa shape index (κ3) is 7.69. The van der Waals surface area contributed by atoms with Crippen LogP contribution in [0.3, 0.4) is 0 Å². The average molecular weight is 619 g/mol. The first-order chi connectivity index (χ1) is 20.3. The number of nitrogens with two attached hydrogens (primary N) is 2. The molecule has 1 aliphatic heterocycles. The van der Waals surface area contributed by atoms with Crippen molar-refractivity contribution in [2.75, 3.05) is 52.6 Å². The minimum atomic E-state index is -3.78. The number of ether oxygens (including phenoxy) is 1. The molecule has 0 fully saturated rings. The molecule has 2 atom stereocenters. The van der Waals surface area contributed by atoms with Gasteiger partial charge in [-0.15, -0.1) is 0 Å². The zero-order valence-corrected chi connectivity index (χ0v) is 26.5. The standard InChI is InChI=1S/C32H46F2N5O3S/c1-5-6-13-26-19-24-11-7-8-14-27(24)31(37-26)42-17-16-39(3,4)22-29(43(40,41)18-15-35)38-20-25-12-9-10-23(2)30(25)32(33,34)28(36)21-38/h7-12,14,19,28-29H,5-6,13,15-18,20-22,35-36H2,1-4H3/q+1. The van der Waals surface area contributed by atoms with Crippen LogP contribution in [-0.4, -0.2) is 86.8 Å². The van der Waals surface area contributed by atoms with Gasteiger partial charge in [-0.2, -0.15) is 8.78 Å². The molecule has 1 aliphatic rings. The second-order valence-corrected chi connectivity index (χ2v) is 14.6. The molecule has 2 heterocycles. The highest BCUT2D eigenvalue weighted by Crippen LogP contribution is 2.39. The van der Waals surface area contributed by atoms with Crippen LogP contribution in [0.4, 0.5) is 8.78 Å². The Morgan fingerprint density at radius 1 is 1.19 bits per heavy atom. The van der Waals surface area contributed by atoms with Gasteiger partial charge in [0.15, 0.2) is 15.2 Å². The molecule has 0 saturated carbocycles. The zero-order chi connectivity index (χ0) is 31.4. The highest BCUT2D eigenvalue weighted by atomic mass is 32.2. The van der Waals surface area contributed by atoms with E-state index in [2.05, 4.69) is 13.0 Å². The largest absolute Gasteiger partial charge is 0.471 e. The number of benzene rings is 2. The number of rotatable bonds is 13. The first-order valence-corrected chi connectivity index (χ1v) is 16.7. The number of pyridine rings is 1. The summed E-state index contributed by atoms with van der Waals surface area (Å²) in [5.41, 5.74) is 13.5. The van der Waals surface area contributed by atoms with Gasteiger partial charge in [-0.3, -0.25) is 4.90 Å². The van der Waals surface area contributed by atoms with Gasteiger partial charge in [0.05, 0.1) is 25.9 Å². The van der Waals surface area contributed by atoms with E-state index in [0.717, 1.165) is 35.7 Å². The lowest BCUT2D eigenvalue weighted by Gasteiger charge is -2.38. The lowest BCUT2D eigenvalue weighted by Crippen LogP contribution is -2.58. The third-order valence-electron chi connectivity index (χ3n) is 8.32. The van der Waals surface area contributed by atoms with Crippen LogP contribution in [0.1, 0.15) is 42.1 Å². The molecule has 8 nitrogen and oxygen atoms in total. The van der Waals surface area contributed by atoms with Gasteiger partial charge in [0.25, 0.3) is 5.92 Å². The predicted octanol–water partition coefficient (Wildman–Crippen LogP) is 3.98. The van der Waals surface area contributed by atoms with Gasteiger partial charge in [-0.05, 0) is 48.4 Å². The summed E-state index contributed by atoms with van der Waals surface area (Å²) in [5, 5.41) is 0.922. The summed E-state index contributed by atoms with van der Waals surface area (Å²) in [6.07, 6.45) is 2.96. The van der Waals surface area contributed by atoms with Crippen molar-refractivity contribution < 1.29 is 26.4 Å². The van der Waals surface area contributed by atoms with Crippen LogP contribution in [0.5, 0.6) is 5.88 Å². The van der Waals surface area contributed by atoms with Gasteiger partial charge in [0, 0.05) is 36.3 Å². The molecule has 1 aromatic heterocycles. The quantitative estimate of drug-likeness (QED) is 0.279. The van der Waals surface area contributed by atoms with Crippen LogP contribution >= 0.6 is 0 Å². The van der Waals surface area contributed by atoms with E-state index >= 15 is 8.78 Å². The van der Waals surface area contributed by atoms with Crippen LogP contribution in [0.15, 0.2) is 48.5 Å². The molecule has 0 amide bonds. The maximum atomic E-state index is 15.5. The molecule has 236 valence electrons. The second-order valence-electron chi connectivity index (χ2n) is 12.3. The number of nitrogens with zero attached hydrogens (tertiary/aromatic N) is 3. The Morgan fingerprint density at radius 2 is 1.93 bits per heavy atom. The van der Waals surface area contributed by atoms with Crippen LogP contribution in [0, 0.1) is 6.92 Å². The lowest BCUT2D eigenvalue weighted by atomic mass is 9.94. The fraction of sp³-hybridized carbons (Fsp3) is 0.531. The molecule has 0 radical (unpaired) electrons. The summed E-state index contributed by atoms with van der Waals surface area (Å²) in [6.45, 7) is 4.40. The molecule has 4 rings (SSSR count). The molecule has 0 bridgehead atoms. The van der Waals surface area contributed by atoms with Crippen LogP contribution in [-0.2, 0) is 28.7 Å². The second kappa shape index (κ2) is 13.5. The number of alkyl halides is 2. The van der Waals surface area contributed by atoms with E-state index in [0.29, 0.717) is 30.2 Å². The van der Waals surface area contributed by atoms with Crippen LogP contribution < -0.4 is 16.2 Å². The maximum Gasteiger partial charge on any atom is 0.289 e. The molecule has 0 aliphatic carbocycles. The van der Waals surface area contributed by atoms with Gasteiger partial charge in [0.1, 0.15) is 19.7 Å². The van der Waals surface area contributed by atoms with Crippen molar-refractivity contribution in [3.05, 3.63) is 70.9 Å². The molecular formula is C32H46F2N5O3S+. The average Bonchev–Trinajstić information content (AvgIpc) is 3.04. The number of aromatic nitrogens is 1. The van der Waals surface area contributed by atoms with Crippen molar-refractivity contribution in [1.82, 2.24) is 9.88 Å². The molecule has 2 aromatic carbocycles. The summed E-state index contributed by atoms with van der Waals surface area (Å²) in [4.78, 5) is 6.38. The molecule has 4 N–H and O–H groups in total. The van der Waals surface area contributed by atoms with Crippen molar-refractivity contribution in [3.63, 3.8) is 0 Å². The third-order valence-corrected chi connectivity index (χ3v) is 10.4. The number of likely N-dealkylation sites (N-methyl/N-ethyl adjacent to an activating group) is 1. The molecule has 43 heavy (non-hydrogen) atoms. The number of fused-ring (bicyclic) bond motifs is 2. The Labute approximate surface area is 254 Å². The van der Waals surface area contributed by atoms with E-state index in [9.17, 15) is 8.42 Å². The number of aryl methyl sites for hydroxylation is 2. The summed E-state index contributed by atoms with van der Waals surface area (Å²) in [5.74, 6) is -2.99. The number of hydrogen-bond acceptors (Lipinski definition) is 7. The van der Waals surface area contributed by atoms with E-state index in [1.165, 1.54) is 0 Å². The first-order valence-electron chi connectivity index (χ1n) is 15.0. The fourth-order valence-electron chi connectivity index (χ4n) is 5.87. The molecule has 0 saturated heterocycles. The van der Waals surface area contributed by atoms with E-state index < -0.39 is 27.2 Å². The van der Waals surface area contributed by atoms with Crippen molar-refractivity contribution in [2.24, 2.45) is 11.5 Å². The van der Waals surface area contributed by atoms with Crippen molar-refractivity contribution >= 4 is 20.6 Å². The smallest absolute Gasteiger partial charge is 0.289 e. The molecule has 2 unspecified atom stereocenters. The molecular weight excluding hydrogens is 572 g/mol. The summed E-state index contributed by atoms with van der Waals surface area (Å²) in [6, 6.07) is 13.5. The van der Waals surface area contributed by atoms with Gasteiger partial charge in [-0.1, -0.05) is 49.7 Å². The van der Waals surface area contributed by atoms with E-state index in [4.69, 9.17) is 21.2 Å². The number of unbranched alkanes of at least 4 members (excludes halogenated alkanes) is 1. The van der Waals surface area contributed by atoms with Gasteiger partial charge >= 0.3 is 0 Å². The number of quaternary nitrogens is 1. The van der Waals surface area contributed by atoms with Gasteiger partial charge in [-0.25, -0.2) is 13.4 Å². The minimum Gasteiger partial charge on any atom is -0.471 e. The monoisotopic (exact) mass is 618 g/mol. The number of halogens is 2. The zero-order valence-electron chi connectivity index (χ0n) is 25.7. The normalized spacial score (nSPS) is 18.3. The summed E-state index contributed by atoms with van der Waals surface area (Å²) >= 11 is 0. The maximum absolute atomic E-state index is 15.5. The van der Waals surface area contributed by atoms with Crippen molar-refractivity contribution in [2.45, 2.75) is 57.0 Å². The number of hydrogen-bond donors (Lipinski definition) is 2. The molecule has 11 heteroatoms. The number of sulfone groups is 1. The Hall–Kier alpha value is -2.70. The molecule has 3 aromatic rings. The summed E-state index contributed by atoms with van der Waals surface area (Å²) in [7, 11) is 0.0536. The first kappa shape index (κ1) is 33.2. The van der Waals surface area contributed by atoms with Crippen molar-refractivity contribution in [3.8, 4) is 5.88 Å². The Kier molecular flexibility index (Phi) is 10.4. The van der Waals surface area contributed by atoms with Crippen LogP contribution in [0.2, 0.25) is 0 Å². The SMILES string of the molecule is CCCCc1cc2ccccc2c(OCC[N+](C)(C)CC(N2Cc3cccc(C)c3C(F)(F)C(N)C2)S(=O)(=O)CCN)n1. The van der Waals surface area contributed by atoms with E-state index in [1.807, 2.05) is 38.4 Å². The highest BCUT2D eigenvalue weighted by molar-refractivity contribution is 7.92.